The van der Waals surface area contributed by atoms with E-state index in [1.54, 1.807) is 0 Å². The van der Waals surface area contributed by atoms with Crippen LogP contribution in [0.3, 0.4) is 0 Å². The fourth-order valence-corrected chi connectivity index (χ4v) is 3.39. The Kier molecular flexibility index (Phi) is 4.52. The highest BCUT2D eigenvalue weighted by molar-refractivity contribution is 7.18. The number of rotatable bonds is 6. The van der Waals surface area contributed by atoms with Crippen LogP contribution in [0.5, 0.6) is 0 Å². The van der Waals surface area contributed by atoms with E-state index >= 15 is 0 Å². The number of thiazole rings is 1. The Hall–Kier alpha value is -1.30. The standard InChI is InChI=1S/C14H24N4OS/c1-4-14(7-6-8-14)9-16-12(19)10-11(15)17-13(20-10)18(3)5-2/h4-9,15H2,1-3H3,(H,16,19). The molecule has 0 saturated heterocycles. The average molecular weight is 296 g/mol. The number of nitrogen functional groups attached to an aromatic ring is 1. The van der Waals surface area contributed by atoms with Crippen LogP contribution in [0.1, 0.15) is 49.2 Å². The van der Waals surface area contributed by atoms with Gasteiger partial charge in [0.05, 0.1) is 0 Å². The van der Waals surface area contributed by atoms with Gasteiger partial charge in [0.25, 0.3) is 5.91 Å². The van der Waals surface area contributed by atoms with Gasteiger partial charge in [0, 0.05) is 20.1 Å². The maximum Gasteiger partial charge on any atom is 0.265 e. The van der Waals surface area contributed by atoms with Gasteiger partial charge in [0.15, 0.2) is 5.13 Å². The van der Waals surface area contributed by atoms with E-state index < -0.39 is 0 Å². The number of amides is 1. The largest absolute Gasteiger partial charge is 0.382 e. The van der Waals surface area contributed by atoms with Crippen molar-refractivity contribution in [2.45, 2.75) is 39.5 Å². The van der Waals surface area contributed by atoms with E-state index in [-0.39, 0.29) is 5.91 Å². The molecule has 0 radical (unpaired) electrons. The lowest BCUT2D eigenvalue weighted by molar-refractivity contribution is 0.0854. The number of carbonyl (C=O) groups is 1. The van der Waals surface area contributed by atoms with Crippen LogP contribution in [0, 0.1) is 5.41 Å². The zero-order chi connectivity index (χ0) is 14.8. The van der Waals surface area contributed by atoms with Crippen LogP contribution in [0.2, 0.25) is 0 Å². The zero-order valence-corrected chi connectivity index (χ0v) is 13.3. The second-order valence-electron chi connectivity index (χ2n) is 5.61. The van der Waals surface area contributed by atoms with Crippen molar-refractivity contribution >= 4 is 28.2 Å². The second-order valence-corrected chi connectivity index (χ2v) is 6.59. The molecule has 1 aliphatic carbocycles. The van der Waals surface area contributed by atoms with Crippen LogP contribution in [0.4, 0.5) is 10.9 Å². The van der Waals surface area contributed by atoms with Gasteiger partial charge < -0.3 is 16.0 Å². The molecule has 0 aliphatic heterocycles. The van der Waals surface area contributed by atoms with Crippen molar-refractivity contribution in [1.82, 2.24) is 10.3 Å². The second kappa shape index (κ2) is 5.99. The van der Waals surface area contributed by atoms with E-state index in [2.05, 4.69) is 17.2 Å². The Bertz CT molecular complexity index is 476. The monoisotopic (exact) mass is 296 g/mol. The summed E-state index contributed by atoms with van der Waals surface area (Å²) in [4.78, 5) is 19.0. The molecule has 1 amide bonds. The van der Waals surface area contributed by atoms with Gasteiger partial charge in [-0.1, -0.05) is 24.7 Å². The van der Waals surface area contributed by atoms with E-state index in [1.807, 2.05) is 18.9 Å². The third-order valence-electron chi connectivity index (χ3n) is 4.44. The van der Waals surface area contributed by atoms with Gasteiger partial charge in [-0.15, -0.1) is 0 Å². The minimum absolute atomic E-state index is 0.0875. The lowest BCUT2D eigenvalue weighted by Gasteiger charge is -2.41. The Balaban J connectivity index is 2.00. The first kappa shape index (κ1) is 15.1. The minimum Gasteiger partial charge on any atom is -0.382 e. The third kappa shape index (κ3) is 2.90. The molecule has 1 saturated carbocycles. The summed E-state index contributed by atoms with van der Waals surface area (Å²) in [6.07, 6.45) is 4.82. The summed E-state index contributed by atoms with van der Waals surface area (Å²) in [5, 5.41) is 3.83. The number of anilines is 2. The van der Waals surface area contributed by atoms with E-state index in [0.29, 0.717) is 16.1 Å². The van der Waals surface area contributed by atoms with Crippen LogP contribution in [-0.2, 0) is 0 Å². The Morgan fingerprint density at radius 3 is 2.70 bits per heavy atom. The molecule has 6 heteroatoms. The van der Waals surface area contributed by atoms with Crippen LogP contribution in [0.15, 0.2) is 0 Å². The van der Waals surface area contributed by atoms with Crippen LogP contribution < -0.4 is 16.0 Å². The van der Waals surface area contributed by atoms with Crippen molar-refractivity contribution in [3.63, 3.8) is 0 Å². The summed E-state index contributed by atoms with van der Waals surface area (Å²) in [5.74, 6) is 0.248. The molecular formula is C14H24N4OS. The maximum atomic E-state index is 12.3. The van der Waals surface area contributed by atoms with Gasteiger partial charge in [-0.05, 0) is 31.6 Å². The first-order valence-electron chi connectivity index (χ1n) is 7.27. The quantitative estimate of drug-likeness (QED) is 0.846. The van der Waals surface area contributed by atoms with Crippen molar-refractivity contribution in [3.05, 3.63) is 4.88 Å². The number of nitrogens with one attached hydrogen (secondary N) is 1. The highest BCUT2D eigenvalue weighted by Gasteiger charge is 2.35. The first-order valence-corrected chi connectivity index (χ1v) is 8.08. The van der Waals surface area contributed by atoms with Crippen LogP contribution >= 0.6 is 11.3 Å². The summed E-state index contributed by atoms with van der Waals surface area (Å²) in [7, 11) is 1.94. The molecule has 0 atom stereocenters. The molecule has 0 aromatic carbocycles. The number of carbonyl (C=O) groups excluding carboxylic acids is 1. The third-order valence-corrected chi connectivity index (χ3v) is 5.62. The van der Waals surface area contributed by atoms with Crippen molar-refractivity contribution in [2.24, 2.45) is 5.41 Å². The van der Waals surface area contributed by atoms with Gasteiger partial charge >= 0.3 is 0 Å². The lowest BCUT2D eigenvalue weighted by Crippen LogP contribution is -2.41. The molecule has 5 nitrogen and oxygen atoms in total. The fraction of sp³-hybridized carbons (Fsp3) is 0.714. The molecule has 0 unspecified atom stereocenters. The molecule has 20 heavy (non-hydrogen) atoms. The average Bonchev–Trinajstić information content (AvgIpc) is 2.79. The highest BCUT2D eigenvalue weighted by atomic mass is 32.1. The van der Waals surface area contributed by atoms with E-state index in [0.717, 1.165) is 24.6 Å². The maximum absolute atomic E-state index is 12.3. The highest BCUT2D eigenvalue weighted by Crippen LogP contribution is 2.43. The Labute approximate surface area is 124 Å². The van der Waals surface area contributed by atoms with Crippen molar-refractivity contribution in [1.29, 1.82) is 0 Å². The summed E-state index contributed by atoms with van der Waals surface area (Å²) in [6, 6.07) is 0. The number of nitrogens with two attached hydrogens (primary N) is 1. The molecule has 1 fully saturated rings. The molecule has 1 aromatic rings. The molecule has 1 aliphatic rings. The Morgan fingerprint density at radius 2 is 2.20 bits per heavy atom. The van der Waals surface area contributed by atoms with Crippen LogP contribution in [-0.4, -0.2) is 31.0 Å². The predicted octanol–water partition coefficient (Wildman–Crippen LogP) is 2.49. The number of aromatic nitrogens is 1. The van der Waals surface area contributed by atoms with Crippen molar-refractivity contribution in [2.75, 3.05) is 30.8 Å². The number of nitrogens with zero attached hydrogens (tertiary/aromatic N) is 2. The summed E-state index contributed by atoms with van der Waals surface area (Å²) in [5.41, 5.74) is 6.18. The van der Waals surface area contributed by atoms with E-state index in [1.165, 1.54) is 30.6 Å². The molecule has 2 rings (SSSR count). The smallest absolute Gasteiger partial charge is 0.265 e. The molecule has 1 heterocycles. The summed E-state index contributed by atoms with van der Waals surface area (Å²) < 4.78 is 0. The van der Waals surface area contributed by atoms with Gasteiger partial charge in [0.1, 0.15) is 10.7 Å². The van der Waals surface area contributed by atoms with Gasteiger partial charge in [-0.25, -0.2) is 4.98 Å². The van der Waals surface area contributed by atoms with Crippen LogP contribution in [0.25, 0.3) is 0 Å². The number of hydrogen-bond donors (Lipinski definition) is 2. The molecular weight excluding hydrogens is 272 g/mol. The summed E-state index contributed by atoms with van der Waals surface area (Å²) >= 11 is 1.36. The minimum atomic E-state index is -0.0875. The SMILES string of the molecule is CCN(C)c1nc(N)c(C(=O)NCC2(CC)CCC2)s1. The van der Waals surface area contributed by atoms with Gasteiger partial charge in [-0.3, -0.25) is 4.79 Å². The van der Waals surface area contributed by atoms with Gasteiger partial charge in [-0.2, -0.15) is 0 Å². The molecule has 0 bridgehead atoms. The van der Waals surface area contributed by atoms with E-state index in [4.69, 9.17) is 5.73 Å². The van der Waals surface area contributed by atoms with E-state index in [9.17, 15) is 4.79 Å². The molecule has 1 aromatic heterocycles. The van der Waals surface area contributed by atoms with Crippen molar-refractivity contribution in [3.8, 4) is 0 Å². The fourth-order valence-electron chi connectivity index (χ4n) is 2.46. The number of hydrogen-bond acceptors (Lipinski definition) is 5. The summed E-state index contributed by atoms with van der Waals surface area (Å²) in [6.45, 7) is 5.82. The molecule has 0 spiro atoms. The molecule has 3 N–H and O–H groups in total. The lowest BCUT2D eigenvalue weighted by atomic mass is 9.67. The first-order chi connectivity index (χ1) is 9.51. The predicted molar refractivity (Wildman–Crippen MR) is 84.4 cm³/mol. The van der Waals surface area contributed by atoms with Crippen molar-refractivity contribution < 1.29 is 4.79 Å². The Morgan fingerprint density at radius 1 is 1.50 bits per heavy atom. The normalized spacial score (nSPS) is 16.6. The topological polar surface area (TPSA) is 71.2 Å². The molecule has 112 valence electrons. The zero-order valence-electron chi connectivity index (χ0n) is 12.5. The van der Waals surface area contributed by atoms with Gasteiger partial charge in [0.2, 0.25) is 0 Å².